The van der Waals surface area contributed by atoms with Crippen molar-refractivity contribution in [2.75, 3.05) is 11.9 Å². The smallest absolute Gasteiger partial charge is 0.390 e. The Bertz CT molecular complexity index is 1430. The molecule has 2 aromatic heterocycles. The summed E-state index contributed by atoms with van der Waals surface area (Å²) in [6.45, 7) is 5.16. The molecule has 0 aliphatic carbocycles. The maximum Gasteiger partial charge on any atom is 0.390 e. The van der Waals surface area contributed by atoms with Crippen LogP contribution in [0.4, 0.5) is 23.2 Å². The van der Waals surface area contributed by atoms with E-state index in [2.05, 4.69) is 20.7 Å². The molecule has 4 aromatic rings. The molecule has 37 heavy (non-hydrogen) atoms. The van der Waals surface area contributed by atoms with Crippen LogP contribution in [-0.4, -0.2) is 39.3 Å². The Kier molecular flexibility index (Phi) is 7.33. The van der Waals surface area contributed by atoms with Gasteiger partial charge in [-0.25, -0.2) is 13.9 Å². The second-order valence-corrected chi connectivity index (χ2v) is 8.78. The molecule has 11 heteroatoms. The third kappa shape index (κ3) is 6.35. The third-order valence-corrected chi connectivity index (χ3v) is 5.37. The van der Waals surface area contributed by atoms with Gasteiger partial charge in [0.05, 0.1) is 24.0 Å². The summed E-state index contributed by atoms with van der Waals surface area (Å²) < 4.78 is 59.0. The molecule has 4 rings (SSSR count). The highest BCUT2D eigenvalue weighted by Gasteiger charge is 2.26. The second kappa shape index (κ2) is 10.5. The Balaban J connectivity index is 1.74. The van der Waals surface area contributed by atoms with Gasteiger partial charge in [-0.2, -0.15) is 13.2 Å². The molecule has 1 amide bonds. The van der Waals surface area contributed by atoms with E-state index in [4.69, 9.17) is 4.74 Å². The molecule has 194 valence electrons. The van der Waals surface area contributed by atoms with E-state index in [-0.39, 0.29) is 41.5 Å². The summed E-state index contributed by atoms with van der Waals surface area (Å²) in [5, 5.41) is 10.1. The molecule has 0 saturated carbocycles. The van der Waals surface area contributed by atoms with E-state index in [0.29, 0.717) is 16.8 Å². The van der Waals surface area contributed by atoms with Crippen LogP contribution >= 0.6 is 0 Å². The number of amides is 1. The minimum atomic E-state index is -4.33. The SMILES string of the molecule is Cc1cc(-c2cnc3c(NCCC(F)(F)F)cc(Oc4cccc(F)c4)nn23)ccc1C(=O)NC(C)C. The van der Waals surface area contributed by atoms with Gasteiger partial charge in [0.15, 0.2) is 5.65 Å². The van der Waals surface area contributed by atoms with Gasteiger partial charge in [-0.1, -0.05) is 12.1 Å². The Morgan fingerprint density at radius 3 is 2.59 bits per heavy atom. The molecule has 0 aliphatic heterocycles. The van der Waals surface area contributed by atoms with Gasteiger partial charge in [0.1, 0.15) is 11.6 Å². The lowest BCUT2D eigenvalue weighted by molar-refractivity contribution is -0.131. The fourth-order valence-corrected chi connectivity index (χ4v) is 3.73. The maximum atomic E-state index is 13.7. The van der Waals surface area contributed by atoms with Crippen LogP contribution in [0.3, 0.4) is 0 Å². The van der Waals surface area contributed by atoms with Crippen molar-refractivity contribution in [1.82, 2.24) is 19.9 Å². The summed E-state index contributed by atoms with van der Waals surface area (Å²) >= 11 is 0. The van der Waals surface area contributed by atoms with E-state index < -0.39 is 18.4 Å². The monoisotopic (exact) mass is 515 g/mol. The molecule has 0 radical (unpaired) electrons. The van der Waals surface area contributed by atoms with Crippen molar-refractivity contribution >= 4 is 17.2 Å². The largest absolute Gasteiger partial charge is 0.437 e. The number of benzene rings is 2. The van der Waals surface area contributed by atoms with Crippen LogP contribution in [0.2, 0.25) is 0 Å². The first kappa shape index (κ1) is 25.9. The highest BCUT2D eigenvalue weighted by Crippen LogP contribution is 2.30. The van der Waals surface area contributed by atoms with Crippen LogP contribution in [0.15, 0.2) is 54.7 Å². The number of halogens is 4. The summed E-state index contributed by atoms with van der Waals surface area (Å²) in [5.41, 5.74) is 3.00. The number of imidazole rings is 1. The summed E-state index contributed by atoms with van der Waals surface area (Å²) in [5.74, 6) is -0.512. The van der Waals surface area contributed by atoms with Gasteiger partial charge in [-0.05, 0) is 50.6 Å². The summed E-state index contributed by atoms with van der Waals surface area (Å²) in [6.07, 6.45) is -3.85. The lowest BCUT2D eigenvalue weighted by Crippen LogP contribution is -2.30. The van der Waals surface area contributed by atoms with Crippen LogP contribution in [-0.2, 0) is 0 Å². The number of fused-ring (bicyclic) bond motifs is 1. The lowest BCUT2D eigenvalue weighted by Gasteiger charge is -2.13. The van der Waals surface area contributed by atoms with Gasteiger partial charge < -0.3 is 15.4 Å². The number of aryl methyl sites for hydroxylation is 1. The van der Waals surface area contributed by atoms with E-state index in [1.54, 1.807) is 25.1 Å². The number of aromatic nitrogens is 3. The average Bonchev–Trinajstić information content (AvgIpc) is 3.22. The van der Waals surface area contributed by atoms with E-state index >= 15 is 0 Å². The van der Waals surface area contributed by atoms with Gasteiger partial charge in [0.2, 0.25) is 5.88 Å². The Hall–Kier alpha value is -4.15. The molecule has 0 bridgehead atoms. The number of hydrogen-bond donors (Lipinski definition) is 2. The molecule has 0 saturated heterocycles. The van der Waals surface area contributed by atoms with Crippen LogP contribution < -0.4 is 15.4 Å². The quantitative estimate of drug-likeness (QED) is 0.276. The van der Waals surface area contributed by atoms with E-state index in [9.17, 15) is 22.4 Å². The third-order valence-electron chi connectivity index (χ3n) is 5.37. The fourth-order valence-electron chi connectivity index (χ4n) is 3.73. The molecule has 0 atom stereocenters. The normalized spacial score (nSPS) is 11.7. The molecule has 0 spiro atoms. The highest BCUT2D eigenvalue weighted by molar-refractivity contribution is 5.96. The minimum absolute atomic E-state index is 0.0191. The number of anilines is 1. The summed E-state index contributed by atoms with van der Waals surface area (Å²) in [6, 6.07) is 12.1. The summed E-state index contributed by atoms with van der Waals surface area (Å²) in [4.78, 5) is 16.8. The zero-order valence-corrected chi connectivity index (χ0v) is 20.4. The van der Waals surface area contributed by atoms with Gasteiger partial charge >= 0.3 is 6.18 Å². The van der Waals surface area contributed by atoms with E-state index in [1.807, 2.05) is 13.8 Å². The number of hydrogen-bond acceptors (Lipinski definition) is 5. The first-order valence-electron chi connectivity index (χ1n) is 11.5. The van der Waals surface area contributed by atoms with E-state index in [0.717, 1.165) is 5.56 Å². The van der Waals surface area contributed by atoms with Gasteiger partial charge in [-0.3, -0.25) is 4.79 Å². The average molecular weight is 516 g/mol. The predicted molar refractivity (Wildman–Crippen MR) is 131 cm³/mol. The first-order chi connectivity index (χ1) is 17.5. The number of rotatable bonds is 8. The van der Waals surface area contributed by atoms with E-state index in [1.165, 1.54) is 41.0 Å². The molecule has 0 unspecified atom stereocenters. The standard InChI is InChI=1S/C26H25F4N5O2/c1-15(2)33-25(36)20-8-7-17(11-16(20)3)22-14-32-24-21(31-10-9-26(28,29)30)13-23(34-35(22)24)37-19-6-4-5-18(27)12-19/h4-8,11-15,31H,9-10H2,1-3H3,(H,33,36). The summed E-state index contributed by atoms with van der Waals surface area (Å²) in [7, 11) is 0. The van der Waals surface area contributed by atoms with Crippen LogP contribution in [0.1, 0.15) is 36.2 Å². The van der Waals surface area contributed by atoms with Crippen molar-refractivity contribution in [2.24, 2.45) is 0 Å². The van der Waals surface area contributed by atoms with Crippen molar-refractivity contribution in [3.8, 4) is 22.9 Å². The second-order valence-electron chi connectivity index (χ2n) is 8.78. The van der Waals surface area contributed by atoms with Gasteiger partial charge in [-0.15, -0.1) is 5.10 Å². The zero-order valence-electron chi connectivity index (χ0n) is 20.4. The minimum Gasteiger partial charge on any atom is -0.437 e. The Morgan fingerprint density at radius 1 is 1.14 bits per heavy atom. The molecule has 2 aromatic carbocycles. The van der Waals surface area contributed by atoms with Crippen molar-refractivity contribution in [3.05, 3.63) is 71.7 Å². The molecule has 0 aliphatic rings. The van der Waals surface area contributed by atoms with Gasteiger partial charge in [0, 0.05) is 35.8 Å². The number of carbonyl (C=O) groups is 1. The van der Waals surface area contributed by atoms with Crippen molar-refractivity contribution in [2.45, 2.75) is 39.4 Å². The lowest BCUT2D eigenvalue weighted by atomic mass is 10.0. The van der Waals surface area contributed by atoms with Crippen LogP contribution in [0.25, 0.3) is 16.9 Å². The molecular formula is C26H25F4N5O2. The highest BCUT2D eigenvalue weighted by atomic mass is 19.4. The van der Waals surface area contributed by atoms with Crippen LogP contribution in [0.5, 0.6) is 11.6 Å². The number of ether oxygens (including phenoxy) is 1. The Labute approximate surface area is 210 Å². The molecule has 2 heterocycles. The molecule has 0 fully saturated rings. The fraction of sp³-hybridized carbons (Fsp3) is 0.269. The molecular weight excluding hydrogens is 490 g/mol. The number of carbonyl (C=O) groups excluding carboxylic acids is 1. The molecule has 2 N–H and O–H groups in total. The van der Waals surface area contributed by atoms with Gasteiger partial charge in [0.25, 0.3) is 5.91 Å². The van der Waals surface area contributed by atoms with Crippen molar-refractivity contribution < 1.29 is 27.1 Å². The Morgan fingerprint density at radius 2 is 1.92 bits per heavy atom. The van der Waals surface area contributed by atoms with Crippen LogP contribution in [0, 0.1) is 12.7 Å². The predicted octanol–water partition coefficient (Wildman–Crippen LogP) is 6.14. The number of nitrogens with one attached hydrogen (secondary N) is 2. The number of alkyl halides is 3. The maximum absolute atomic E-state index is 13.7. The number of nitrogens with zero attached hydrogens (tertiary/aromatic N) is 3. The van der Waals surface area contributed by atoms with Crippen molar-refractivity contribution in [3.63, 3.8) is 0 Å². The molecule has 7 nitrogen and oxygen atoms in total. The van der Waals surface area contributed by atoms with Crippen molar-refractivity contribution in [1.29, 1.82) is 0 Å². The topological polar surface area (TPSA) is 80.6 Å². The first-order valence-corrected chi connectivity index (χ1v) is 11.5. The zero-order chi connectivity index (χ0) is 26.7.